The number of halogens is 1. The van der Waals surface area contributed by atoms with Gasteiger partial charge in [-0.1, -0.05) is 0 Å². The molecule has 5 nitrogen and oxygen atoms in total. The highest BCUT2D eigenvalue weighted by atomic mass is 19.1. The van der Waals surface area contributed by atoms with Crippen LogP contribution in [-0.2, 0) is 0 Å². The molecule has 0 saturated carbocycles. The number of hydrogen-bond acceptors (Lipinski definition) is 4. The van der Waals surface area contributed by atoms with E-state index in [1.54, 1.807) is 18.2 Å². The largest absolute Gasteiger partial charge is 0.497 e. The van der Waals surface area contributed by atoms with Crippen molar-refractivity contribution in [1.29, 1.82) is 0 Å². The first-order chi connectivity index (χ1) is 8.65. The third-order valence-corrected chi connectivity index (χ3v) is 2.42. The van der Waals surface area contributed by atoms with Crippen LogP contribution in [0.5, 0.6) is 11.5 Å². The Labute approximate surface area is 102 Å². The van der Waals surface area contributed by atoms with E-state index in [9.17, 15) is 9.18 Å². The van der Waals surface area contributed by atoms with Crippen LogP contribution in [0.3, 0.4) is 0 Å². The summed E-state index contributed by atoms with van der Waals surface area (Å²) in [4.78, 5) is 17.2. The number of aromatic nitrogens is 2. The zero-order valence-corrected chi connectivity index (χ0v) is 9.86. The van der Waals surface area contributed by atoms with Crippen LogP contribution in [0.15, 0.2) is 29.3 Å². The summed E-state index contributed by atoms with van der Waals surface area (Å²) < 4.78 is 23.8. The predicted octanol–water partition coefficient (Wildman–Crippen LogP) is 1.59. The minimum atomic E-state index is -0.937. The summed E-state index contributed by atoms with van der Waals surface area (Å²) in [6.45, 7) is 0. The molecule has 2 rings (SSSR count). The minimum absolute atomic E-state index is 0.0454. The lowest BCUT2D eigenvalue weighted by atomic mass is 10.1. The number of H-pyrrole nitrogens is 1. The summed E-state index contributed by atoms with van der Waals surface area (Å²) >= 11 is 0. The molecule has 0 fully saturated rings. The van der Waals surface area contributed by atoms with E-state index in [-0.39, 0.29) is 5.69 Å². The molecule has 6 heteroatoms. The number of benzene rings is 1. The number of rotatable bonds is 3. The molecular formula is C12H11FN2O3. The number of methoxy groups -OCH3 is 2. The fraction of sp³-hybridized carbons (Fsp3) is 0.167. The fourth-order valence-electron chi connectivity index (χ4n) is 1.53. The van der Waals surface area contributed by atoms with Crippen molar-refractivity contribution in [3.05, 3.63) is 40.7 Å². The molecule has 0 aliphatic carbocycles. The zero-order chi connectivity index (χ0) is 13.1. The van der Waals surface area contributed by atoms with E-state index < -0.39 is 11.4 Å². The maximum atomic E-state index is 13.7. The third kappa shape index (κ3) is 2.17. The van der Waals surface area contributed by atoms with Gasteiger partial charge in [-0.3, -0.25) is 4.79 Å². The van der Waals surface area contributed by atoms with Crippen LogP contribution in [-0.4, -0.2) is 24.2 Å². The van der Waals surface area contributed by atoms with Gasteiger partial charge in [-0.2, -0.15) is 4.39 Å². The van der Waals surface area contributed by atoms with Gasteiger partial charge in [0.15, 0.2) is 0 Å². The topological polar surface area (TPSA) is 64.2 Å². The third-order valence-electron chi connectivity index (χ3n) is 2.42. The van der Waals surface area contributed by atoms with Crippen molar-refractivity contribution in [3.63, 3.8) is 0 Å². The molecule has 94 valence electrons. The summed E-state index contributed by atoms with van der Waals surface area (Å²) in [5.74, 6) is 0.0458. The highest BCUT2D eigenvalue weighted by molar-refractivity contribution is 5.64. The van der Waals surface area contributed by atoms with Crippen LogP contribution in [0.25, 0.3) is 11.3 Å². The molecule has 0 bridgehead atoms. The van der Waals surface area contributed by atoms with E-state index in [2.05, 4.69) is 9.97 Å². The van der Waals surface area contributed by atoms with Crippen molar-refractivity contribution in [1.82, 2.24) is 9.97 Å². The Morgan fingerprint density at radius 2 is 1.78 bits per heavy atom. The second kappa shape index (κ2) is 4.87. The monoisotopic (exact) mass is 250 g/mol. The molecular weight excluding hydrogens is 239 g/mol. The molecule has 0 saturated heterocycles. The van der Waals surface area contributed by atoms with Crippen LogP contribution in [0.2, 0.25) is 0 Å². The Morgan fingerprint density at radius 3 is 2.33 bits per heavy atom. The van der Waals surface area contributed by atoms with Gasteiger partial charge in [-0.15, -0.1) is 0 Å². The summed E-state index contributed by atoms with van der Waals surface area (Å²) in [6, 6.07) is 4.80. The van der Waals surface area contributed by atoms with Crippen LogP contribution in [0.4, 0.5) is 4.39 Å². The van der Waals surface area contributed by atoms with Gasteiger partial charge in [0, 0.05) is 11.6 Å². The van der Waals surface area contributed by atoms with Crippen molar-refractivity contribution in [2.75, 3.05) is 14.2 Å². The molecule has 1 aromatic carbocycles. The number of nitrogens with zero attached hydrogens (tertiary/aromatic N) is 1. The van der Waals surface area contributed by atoms with Gasteiger partial charge >= 0.3 is 0 Å². The Kier molecular flexibility index (Phi) is 3.27. The maximum absolute atomic E-state index is 13.7. The zero-order valence-electron chi connectivity index (χ0n) is 9.86. The average Bonchev–Trinajstić information content (AvgIpc) is 2.41. The van der Waals surface area contributed by atoms with E-state index in [1.807, 2.05) is 0 Å². The first-order valence-corrected chi connectivity index (χ1v) is 5.12. The highest BCUT2D eigenvalue weighted by Crippen LogP contribution is 2.28. The second-order valence-corrected chi connectivity index (χ2v) is 3.50. The summed E-state index contributed by atoms with van der Waals surface area (Å²) in [5.41, 5.74) is -0.451. The van der Waals surface area contributed by atoms with Crippen LogP contribution in [0, 0.1) is 5.82 Å². The summed E-state index contributed by atoms with van der Waals surface area (Å²) in [7, 11) is 2.97. The molecule has 0 atom stereocenters. The molecule has 18 heavy (non-hydrogen) atoms. The quantitative estimate of drug-likeness (QED) is 0.898. The van der Waals surface area contributed by atoms with E-state index >= 15 is 0 Å². The van der Waals surface area contributed by atoms with E-state index in [0.29, 0.717) is 17.1 Å². The first-order valence-electron chi connectivity index (χ1n) is 5.12. The minimum Gasteiger partial charge on any atom is -0.497 e. The van der Waals surface area contributed by atoms with Gasteiger partial charge < -0.3 is 14.5 Å². The van der Waals surface area contributed by atoms with Gasteiger partial charge in [-0.05, 0) is 12.1 Å². The number of hydrogen-bond donors (Lipinski definition) is 1. The number of nitrogens with one attached hydrogen (secondary N) is 1. The average molecular weight is 250 g/mol. The molecule has 0 spiro atoms. The van der Waals surface area contributed by atoms with Crippen molar-refractivity contribution >= 4 is 0 Å². The van der Waals surface area contributed by atoms with E-state index in [0.717, 1.165) is 6.33 Å². The van der Waals surface area contributed by atoms with Gasteiger partial charge in [0.2, 0.25) is 5.82 Å². The molecule has 0 radical (unpaired) electrons. The molecule has 0 aliphatic rings. The standard InChI is InChI=1S/C12H11FN2O3/c1-17-8-3-7(4-9(5-8)18-2)11-10(13)12(16)15-6-14-11/h3-6H,1-2H3,(H,14,15,16). The Balaban J connectivity index is 2.63. The molecule has 0 aliphatic heterocycles. The van der Waals surface area contributed by atoms with Crippen molar-refractivity contribution in [3.8, 4) is 22.8 Å². The van der Waals surface area contributed by atoms with E-state index in [1.165, 1.54) is 14.2 Å². The van der Waals surface area contributed by atoms with Crippen LogP contribution >= 0.6 is 0 Å². The first kappa shape index (κ1) is 12.1. The Morgan fingerprint density at radius 1 is 1.17 bits per heavy atom. The van der Waals surface area contributed by atoms with E-state index in [4.69, 9.17) is 9.47 Å². The van der Waals surface area contributed by atoms with Gasteiger partial charge in [0.1, 0.15) is 17.2 Å². The molecule has 0 unspecified atom stereocenters. The lowest BCUT2D eigenvalue weighted by Crippen LogP contribution is -2.12. The summed E-state index contributed by atoms with van der Waals surface area (Å²) in [6.07, 6.45) is 1.15. The fourth-order valence-corrected chi connectivity index (χ4v) is 1.53. The Bertz CT molecular complexity index is 603. The lowest BCUT2D eigenvalue weighted by Gasteiger charge is -2.08. The molecule has 1 aromatic heterocycles. The molecule has 1 N–H and O–H groups in total. The van der Waals surface area contributed by atoms with Crippen molar-refractivity contribution in [2.24, 2.45) is 0 Å². The predicted molar refractivity (Wildman–Crippen MR) is 63.4 cm³/mol. The summed E-state index contributed by atoms with van der Waals surface area (Å²) in [5, 5.41) is 0. The SMILES string of the molecule is COc1cc(OC)cc(-c2nc[nH]c(=O)c2F)c1. The van der Waals surface area contributed by atoms with Crippen molar-refractivity contribution in [2.45, 2.75) is 0 Å². The van der Waals surface area contributed by atoms with Crippen LogP contribution in [0.1, 0.15) is 0 Å². The lowest BCUT2D eigenvalue weighted by molar-refractivity contribution is 0.394. The highest BCUT2D eigenvalue weighted by Gasteiger charge is 2.12. The normalized spacial score (nSPS) is 10.2. The molecule has 1 heterocycles. The maximum Gasteiger partial charge on any atom is 0.287 e. The van der Waals surface area contributed by atoms with Gasteiger partial charge in [-0.25, -0.2) is 4.98 Å². The van der Waals surface area contributed by atoms with Gasteiger partial charge in [0.05, 0.1) is 20.5 Å². The van der Waals surface area contributed by atoms with Crippen LogP contribution < -0.4 is 15.0 Å². The number of aromatic amines is 1. The molecule has 2 aromatic rings. The van der Waals surface area contributed by atoms with Gasteiger partial charge in [0.25, 0.3) is 5.56 Å². The smallest absolute Gasteiger partial charge is 0.287 e. The second-order valence-electron chi connectivity index (χ2n) is 3.50. The molecule has 0 amide bonds. The Hall–Kier alpha value is -2.37. The van der Waals surface area contributed by atoms with Crippen molar-refractivity contribution < 1.29 is 13.9 Å². The number of ether oxygens (including phenoxy) is 2.